The smallest absolute Gasteiger partial charge is 0.307 e. The zero-order valence-electron chi connectivity index (χ0n) is 16.1. The number of aryl methyl sites for hydroxylation is 1. The first-order chi connectivity index (χ1) is 13.5. The molecule has 1 aromatic heterocycles. The number of hydrogen-bond acceptors (Lipinski definition) is 5. The number of nitrogens with one attached hydrogen (secondary N) is 1. The molecule has 0 unspecified atom stereocenters. The van der Waals surface area contributed by atoms with Gasteiger partial charge in [0.15, 0.2) is 0 Å². The number of nitrogens with zero attached hydrogens (tertiary/aromatic N) is 2. The standard InChI is InChI=1S/C20H25N3O4S/c1-14-13-28-20(26)23(14)11-8-18(24)22-9-6-16(7-10-22)21-19(25)15-4-3-5-17(12-15)27-2/h3-5,12-13,16H,6-11H2,1-2H3,(H,21,25). The first kappa shape index (κ1) is 20.1. The summed E-state index contributed by atoms with van der Waals surface area (Å²) in [5.41, 5.74) is 1.45. The molecule has 1 aliphatic heterocycles. The van der Waals surface area contributed by atoms with Crippen LogP contribution in [0, 0.1) is 6.92 Å². The number of thiazole rings is 1. The minimum Gasteiger partial charge on any atom is -0.497 e. The Bertz CT molecular complexity index is 897. The van der Waals surface area contributed by atoms with E-state index in [0.717, 1.165) is 29.9 Å². The molecule has 2 amide bonds. The lowest BCUT2D eigenvalue weighted by Crippen LogP contribution is -2.46. The van der Waals surface area contributed by atoms with E-state index >= 15 is 0 Å². The lowest BCUT2D eigenvalue weighted by molar-refractivity contribution is -0.132. The van der Waals surface area contributed by atoms with Gasteiger partial charge in [0, 0.05) is 48.7 Å². The average Bonchev–Trinajstić information content (AvgIpc) is 3.04. The Balaban J connectivity index is 1.46. The van der Waals surface area contributed by atoms with Crippen LogP contribution in [0.5, 0.6) is 5.75 Å². The van der Waals surface area contributed by atoms with E-state index in [0.29, 0.717) is 37.4 Å². The Kier molecular flexibility index (Phi) is 6.51. The lowest BCUT2D eigenvalue weighted by atomic mass is 10.0. The molecule has 8 heteroatoms. The number of aromatic nitrogens is 1. The van der Waals surface area contributed by atoms with Gasteiger partial charge in [0.1, 0.15) is 5.75 Å². The van der Waals surface area contributed by atoms with Crippen LogP contribution in [-0.4, -0.2) is 47.5 Å². The number of rotatable bonds is 6. The van der Waals surface area contributed by atoms with Crippen molar-refractivity contribution < 1.29 is 14.3 Å². The van der Waals surface area contributed by atoms with E-state index in [1.807, 2.05) is 17.2 Å². The van der Waals surface area contributed by atoms with Crippen LogP contribution in [0.2, 0.25) is 0 Å². The van der Waals surface area contributed by atoms with Crippen LogP contribution < -0.4 is 14.9 Å². The summed E-state index contributed by atoms with van der Waals surface area (Å²) in [5.74, 6) is 0.569. The molecule has 3 rings (SSSR count). The van der Waals surface area contributed by atoms with E-state index in [4.69, 9.17) is 4.74 Å². The van der Waals surface area contributed by atoms with Crippen LogP contribution in [0.25, 0.3) is 0 Å². The third-order valence-corrected chi connectivity index (χ3v) is 5.92. The van der Waals surface area contributed by atoms with Gasteiger partial charge in [0.25, 0.3) is 5.91 Å². The SMILES string of the molecule is COc1cccc(C(=O)NC2CCN(C(=O)CCn3c(C)csc3=O)CC2)c1. The molecule has 150 valence electrons. The number of benzene rings is 1. The molecule has 1 saturated heterocycles. The van der Waals surface area contributed by atoms with E-state index in [9.17, 15) is 14.4 Å². The van der Waals surface area contributed by atoms with Crippen molar-refractivity contribution in [3.63, 3.8) is 0 Å². The summed E-state index contributed by atoms with van der Waals surface area (Å²) in [6.45, 7) is 3.51. The van der Waals surface area contributed by atoms with Crippen molar-refractivity contribution in [2.45, 2.75) is 38.8 Å². The van der Waals surface area contributed by atoms with Crippen molar-refractivity contribution >= 4 is 23.2 Å². The maximum Gasteiger partial charge on any atom is 0.307 e. The second-order valence-electron chi connectivity index (χ2n) is 6.91. The molecule has 0 saturated carbocycles. The van der Waals surface area contributed by atoms with Gasteiger partial charge in [-0.15, -0.1) is 0 Å². The van der Waals surface area contributed by atoms with E-state index in [1.165, 1.54) is 0 Å². The predicted molar refractivity (Wildman–Crippen MR) is 108 cm³/mol. The molecule has 28 heavy (non-hydrogen) atoms. The first-order valence-electron chi connectivity index (χ1n) is 9.35. The summed E-state index contributed by atoms with van der Waals surface area (Å²) in [7, 11) is 1.57. The van der Waals surface area contributed by atoms with Gasteiger partial charge in [0.2, 0.25) is 5.91 Å². The number of likely N-dealkylation sites (tertiary alicyclic amines) is 1. The molecular formula is C20H25N3O4S. The number of carbonyl (C=O) groups is 2. The number of amides is 2. The molecule has 0 spiro atoms. The Labute approximate surface area is 167 Å². The molecule has 0 bridgehead atoms. The molecule has 1 aromatic carbocycles. The molecule has 1 fully saturated rings. The fourth-order valence-corrected chi connectivity index (χ4v) is 4.11. The van der Waals surface area contributed by atoms with Gasteiger partial charge in [-0.25, -0.2) is 0 Å². The minimum absolute atomic E-state index is 0.0238. The molecule has 7 nitrogen and oxygen atoms in total. The molecule has 0 aliphatic carbocycles. The molecular weight excluding hydrogens is 378 g/mol. The van der Waals surface area contributed by atoms with Gasteiger partial charge >= 0.3 is 4.87 Å². The van der Waals surface area contributed by atoms with Crippen molar-refractivity contribution in [2.24, 2.45) is 0 Å². The van der Waals surface area contributed by atoms with Crippen LogP contribution in [0.4, 0.5) is 0 Å². The molecule has 2 aromatic rings. The molecule has 0 atom stereocenters. The van der Waals surface area contributed by atoms with Crippen LogP contribution in [-0.2, 0) is 11.3 Å². The number of hydrogen-bond donors (Lipinski definition) is 1. The van der Waals surface area contributed by atoms with E-state index in [2.05, 4.69) is 5.32 Å². The summed E-state index contributed by atoms with van der Waals surface area (Å²) in [5, 5.41) is 4.85. The van der Waals surface area contributed by atoms with Gasteiger partial charge in [-0.2, -0.15) is 0 Å². The second kappa shape index (κ2) is 9.05. The number of ether oxygens (including phenoxy) is 1. The Morgan fingerprint density at radius 2 is 2.04 bits per heavy atom. The quantitative estimate of drug-likeness (QED) is 0.800. The van der Waals surface area contributed by atoms with E-state index < -0.39 is 0 Å². The van der Waals surface area contributed by atoms with Crippen LogP contribution in [0.1, 0.15) is 35.3 Å². The van der Waals surface area contributed by atoms with Gasteiger partial charge < -0.3 is 19.5 Å². The second-order valence-corrected chi connectivity index (χ2v) is 7.73. The van der Waals surface area contributed by atoms with Gasteiger partial charge in [0.05, 0.1) is 7.11 Å². The summed E-state index contributed by atoms with van der Waals surface area (Å²) >= 11 is 1.16. The highest BCUT2D eigenvalue weighted by Gasteiger charge is 2.24. The largest absolute Gasteiger partial charge is 0.497 e. The first-order valence-corrected chi connectivity index (χ1v) is 10.2. The summed E-state index contributed by atoms with van der Waals surface area (Å²) in [4.78, 5) is 38.4. The monoisotopic (exact) mass is 403 g/mol. The maximum atomic E-state index is 12.4. The topological polar surface area (TPSA) is 80.6 Å². The Hall–Kier alpha value is -2.61. The minimum atomic E-state index is -0.129. The van der Waals surface area contributed by atoms with Crippen molar-refractivity contribution in [1.29, 1.82) is 0 Å². The third kappa shape index (κ3) is 4.81. The van der Waals surface area contributed by atoms with Crippen LogP contribution in [0.15, 0.2) is 34.4 Å². The lowest BCUT2D eigenvalue weighted by Gasteiger charge is -2.32. The summed E-state index contributed by atoms with van der Waals surface area (Å²) in [6.07, 6.45) is 1.76. The molecule has 0 radical (unpaired) electrons. The number of methoxy groups -OCH3 is 1. The summed E-state index contributed by atoms with van der Waals surface area (Å²) in [6, 6.07) is 7.10. The van der Waals surface area contributed by atoms with Crippen LogP contribution >= 0.6 is 11.3 Å². The summed E-state index contributed by atoms with van der Waals surface area (Å²) < 4.78 is 6.80. The highest BCUT2D eigenvalue weighted by Crippen LogP contribution is 2.15. The Morgan fingerprint density at radius 1 is 1.29 bits per heavy atom. The number of piperidine rings is 1. The molecule has 1 N–H and O–H groups in total. The zero-order valence-corrected chi connectivity index (χ0v) is 17.0. The van der Waals surface area contributed by atoms with Crippen molar-refractivity contribution in [1.82, 2.24) is 14.8 Å². The third-order valence-electron chi connectivity index (χ3n) is 5.04. The van der Waals surface area contributed by atoms with Crippen molar-refractivity contribution in [3.8, 4) is 5.75 Å². The van der Waals surface area contributed by atoms with Gasteiger partial charge in [-0.1, -0.05) is 17.4 Å². The highest BCUT2D eigenvalue weighted by atomic mass is 32.1. The predicted octanol–water partition coefficient (Wildman–Crippen LogP) is 2.04. The maximum absolute atomic E-state index is 12.4. The van der Waals surface area contributed by atoms with Gasteiger partial charge in [-0.05, 0) is 38.0 Å². The molecule has 2 heterocycles. The Morgan fingerprint density at radius 3 is 2.68 bits per heavy atom. The number of carbonyl (C=O) groups excluding carboxylic acids is 2. The van der Waals surface area contributed by atoms with Crippen molar-refractivity contribution in [3.05, 3.63) is 50.6 Å². The fourth-order valence-electron chi connectivity index (χ4n) is 3.35. The van der Waals surface area contributed by atoms with Crippen molar-refractivity contribution in [2.75, 3.05) is 20.2 Å². The van der Waals surface area contributed by atoms with E-state index in [1.54, 1.807) is 35.9 Å². The fraction of sp³-hybridized carbons (Fsp3) is 0.450. The highest BCUT2D eigenvalue weighted by molar-refractivity contribution is 7.07. The van der Waals surface area contributed by atoms with Gasteiger partial charge in [-0.3, -0.25) is 14.4 Å². The average molecular weight is 404 g/mol. The van der Waals surface area contributed by atoms with Crippen LogP contribution in [0.3, 0.4) is 0 Å². The normalized spacial score (nSPS) is 14.7. The molecule has 1 aliphatic rings. The zero-order chi connectivity index (χ0) is 20.1. The van der Waals surface area contributed by atoms with E-state index in [-0.39, 0.29) is 22.7 Å².